The molecule has 0 radical (unpaired) electrons. The van der Waals surface area contributed by atoms with Crippen LogP contribution in [0.25, 0.3) is 11.1 Å². The fourth-order valence-electron chi connectivity index (χ4n) is 5.85. The molecule has 1 saturated heterocycles. The van der Waals surface area contributed by atoms with Crippen molar-refractivity contribution in [3.8, 4) is 11.1 Å². The molecule has 10 nitrogen and oxygen atoms in total. The van der Waals surface area contributed by atoms with Crippen LogP contribution in [0.2, 0.25) is 0 Å². The molecule has 1 fully saturated rings. The maximum Gasteiger partial charge on any atom is 0.350 e. The Hall–Kier alpha value is -4.58. The summed E-state index contributed by atoms with van der Waals surface area (Å²) in [5, 5.41) is 14.4. The van der Waals surface area contributed by atoms with Gasteiger partial charge in [0.25, 0.3) is 5.91 Å². The Morgan fingerprint density at radius 1 is 0.976 bits per heavy atom. The second-order valence-corrected chi connectivity index (χ2v) is 10.5. The fraction of sp³-hybridized carbons (Fsp3) is 0.333. The van der Waals surface area contributed by atoms with E-state index >= 15 is 0 Å². The summed E-state index contributed by atoms with van der Waals surface area (Å²) >= 11 is 0. The van der Waals surface area contributed by atoms with Gasteiger partial charge in [-0.3, -0.25) is 19.5 Å². The summed E-state index contributed by atoms with van der Waals surface area (Å²) in [4.78, 5) is 33.6. The Morgan fingerprint density at radius 2 is 1.74 bits per heavy atom. The molecule has 2 aromatic carbocycles. The van der Waals surface area contributed by atoms with E-state index in [2.05, 4.69) is 42.7 Å². The van der Waals surface area contributed by atoms with Gasteiger partial charge in [0, 0.05) is 39.3 Å². The fourth-order valence-corrected chi connectivity index (χ4v) is 5.85. The number of hydrogen-bond donors (Lipinski definition) is 1. The Kier molecular flexibility index (Phi) is 7.70. The summed E-state index contributed by atoms with van der Waals surface area (Å²) in [5.41, 5.74) is 5.45. The van der Waals surface area contributed by atoms with E-state index in [4.69, 9.17) is 0 Å². The van der Waals surface area contributed by atoms with Gasteiger partial charge in [-0.25, -0.2) is 0 Å². The van der Waals surface area contributed by atoms with E-state index in [1.165, 1.54) is 12.5 Å². The lowest BCUT2D eigenvalue weighted by molar-refractivity contribution is -0.119. The molecule has 0 spiro atoms. The van der Waals surface area contributed by atoms with Crippen LogP contribution in [0.15, 0.2) is 66.9 Å². The van der Waals surface area contributed by atoms with Crippen molar-refractivity contribution in [2.24, 2.45) is 0 Å². The van der Waals surface area contributed by atoms with E-state index in [1.54, 1.807) is 11.1 Å². The maximum atomic E-state index is 13.5. The zero-order valence-electron chi connectivity index (χ0n) is 23.0. The molecule has 4 aromatic rings. The number of pyridine rings is 1. The lowest BCUT2D eigenvalue weighted by atomic mass is 9.99. The van der Waals surface area contributed by atoms with Gasteiger partial charge in [-0.15, -0.1) is 10.2 Å². The highest BCUT2D eigenvalue weighted by Crippen LogP contribution is 2.34. The van der Waals surface area contributed by atoms with Gasteiger partial charge in [-0.2, -0.15) is 8.78 Å². The summed E-state index contributed by atoms with van der Waals surface area (Å²) in [5.74, 6) is -0.0170. The molecule has 1 N–H and O–H groups in total. The number of benzene rings is 2. The number of tetrazole rings is 1. The number of nitrogens with zero attached hydrogens (tertiary/aromatic N) is 7. The first-order valence-electron chi connectivity index (χ1n) is 13.9. The van der Waals surface area contributed by atoms with Crippen LogP contribution in [0.1, 0.15) is 65.0 Å². The van der Waals surface area contributed by atoms with Crippen molar-refractivity contribution in [3.05, 3.63) is 95.1 Å². The van der Waals surface area contributed by atoms with Crippen LogP contribution in [0.4, 0.5) is 8.78 Å². The lowest BCUT2D eigenvalue weighted by Crippen LogP contribution is -2.50. The number of halogens is 2. The van der Waals surface area contributed by atoms with Crippen LogP contribution >= 0.6 is 0 Å². The Morgan fingerprint density at radius 3 is 2.45 bits per heavy atom. The number of nitrogens with one attached hydrogen (secondary N) is 1. The normalized spacial score (nSPS) is 17.7. The number of carbonyl (C=O) groups excluding carboxylic acids is 2. The zero-order valence-corrected chi connectivity index (χ0v) is 23.0. The number of rotatable bonds is 7. The van der Waals surface area contributed by atoms with Crippen LogP contribution in [0, 0.1) is 0 Å². The highest BCUT2D eigenvalue weighted by molar-refractivity contribution is 5.93. The number of aryl methyl sites for hydroxylation is 1. The molecule has 2 atom stereocenters. The van der Waals surface area contributed by atoms with Gasteiger partial charge >= 0.3 is 6.55 Å². The number of aromatic nitrogens is 5. The van der Waals surface area contributed by atoms with Gasteiger partial charge in [-0.05, 0) is 58.0 Å². The Balaban J connectivity index is 1.16. The van der Waals surface area contributed by atoms with Crippen molar-refractivity contribution in [1.29, 1.82) is 0 Å². The van der Waals surface area contributed by atoms with E-state index in [1.807, 2.05) is 48.5 Å². The molecule has 216 valence electrons. The number of carbonyl (C=O) groups is 2. The van der Waals surface area contributed by atoms with Gasteiger partial charge in [-0.1, -0.05) is 53.3 Å². The van der Waals surface area contributed by atoms with Crippen molar-refractivity contribution in [2.75, 3.05) is 26.2 Å². The van der Waals surface area contributed by atoms with Crippen molar-refractivity contribution in [2.45, 2.75) is 38.4 Å². The zero-order chi connectivity index (χ0) is 29.2. The minimum atomic E-state index is -2.88. The summed E-state index contributed by atoms with van der Waals surface area (Å²) in [6.45, 7) is 0.505. The molecule has 0 bridgehead atoms. The topological polar surface area (TPSA) is 109 Å². The lowest BCUT2D eigenvalue weighted by Gasteiger charge is -2.38. The molecule has 2 aliphatic rings. The highest BCUT2D eigenvalue weighted by atomic mass is 19.3. The van der Waals surface area contributed by atoms with Gasteiger partial charge in [0.05, 0.1) is 12.1 Å². The summed E-state index contributed by atoms with van der Waals surface area (Å²) in [6.07, 6.45) is 3.40. The Labute approximate surface area is 241 Å². The molecule has 6 rings (SSSR count). The summed E-state index contributed by atoms with van der Waals surface area (Å²) in [6, 6.07) is 18.9. The second-order valence-electron chi connectivity index (χ2n) is 10.5. The third-order valence-electron chi connectivity index (χ3n) is 7.86. The number of fused-ring (bicyclic) bond motifs is 1. The first-order chi connectivity index (χ1) is 20.4. The van der Waals surface area contributed by atoms with Gasteiger partial charge < -0.3 is 10.2 Å². The standard InChI is InChI=1S/C30H30F2N8O2/c1-19(41)34-25-10-8-23-17-21(7-9-24(23)25)22-11-12-33-26(18-22)29(42)39-15-13-38(14-16-39)27(20-5-3-2-4-6-20)28-35-37-40(36-28)30(31)32/h2-7,9,11-12,17-18,25,27,30H,8,10,13-16H2,1H3,(H,34,41)/t25?,27-/m1/s1. The Bertz CT molecular complexity index is 1590. The SMILES string of the molecule is CC(=O)NC1CCc2cc(-c3ccnc(C(=O)N4CCN([C@H](c5ccccc5)c5nnn(C(F)F)n5)CC4)c3)ccc21. The quantitative estimate of drug-likeness (QED) is 0.359. The minimum absolute atomic E-state index is 0.0355. The number of piperazine rings is 1. The largest absolute Gasteiger partial charge is 0.350 e. The molecule has 3 heterocycles. The van der Waals surface area contributed by atoms with E-state index in [0.717, 1.165) is 35.1 Å². The average molecular weight is 573 g/mol. The molecule has 42 heavy (non-hydrogen) atoms. The van der Waals surface area contributed by atoms with E-state index in [9.17, 15) is 18.4 Å². The third-order valence-corrected chi connectivity index (χ3v) is 7.86. The first-order valence-corrected chi connectivity index (χ1v) is 13.9. The minimum Gasteiger partial charge on any atom is -0.350 e. The van der Waals surface area contributed by atoms with Crippen LogP contribution in [-0.2, 0) is 11.2 Å². The van der Waals surface area contributed by atoms with Gasteiger partial charge in [0.15, 0.2) is 5.82 Å². The van der Waals surface area contributed by atoms with Crippen LogP contribution in [-0.4, -0.2) is 73.0 Å². The van der Waals surface area contributed by atoms with Crippen LogP contribution in [0.3, 0.4) is 0 Å². The van der Waals surface area contributed by atoms with Crippen molar-refractivity contribution < 1.29 is 18.4 Å². The molecule has 1 aliphatic carbocycles. The average Bonchev–Trinajstić information content (AvgIpc) is 3.65. The first kappa shape index (κ1) is 27.6. The molecular weight excluding hydrogens is 542 g/mol. The number of hydrogen-bond acceptors (Lipinski definition) is 7. The van der Waals surface area contributed by atoms with E-state index in [-0.39, 0.29) is 23.7 Å². The highest BCUT2D eigenvalue weighted by Gasteiger charge is 2.32. The smallest absolute Gasteiger partial charge is 0.350 e. The molecule has 2 amide bonds. The van der Waals surface area contributed by atoms with E-state index in [0.29, 0.717) is 36.7 Å². The molecule has 2 aromatic heterocycles. The van der Waals surface area contributed by atoms with Crippen molar-refractivity contribution in [1.82, 2.24) is 40.3 Å². The van der Waals surface area contributed by atoms with Gasteiger partial charge in [0.1, 0.15) is 5.69 Å². The summed E-state index contributed by atoms with van der Waals surface area (Å²) < 4.78 is 26.3. The maximum absolute atomic E-state index is 13.5. The molecular formula is C30H30F2N8O2. The van der Waals surface area contributed by atoms with Crippen LogP contribution in [0.5, 0.6) is 0 Å². The summed E-state index contributed by atoms with van der Waals surface area (Å²) in [7, 11) is 0. The van der Waals surface area contributed by atoms with Gasteiger partial charge in [0.2, 0.25) is 5.91 Å². The van der Waals surface area contributed by atoms with Crippen molar-refractivity contribution >= 4 is 11.8 Å². The molecule has 1 unspecified atom stereocenters. The predicted molar refractivity (Wildman–Crippen MR) is 149 cm³/mol. The van der Waals surface area contributed by atoms with Crippen LogP contribution < -0.4 is 5.32 Å². The van der Waals surface area contributed by atoms with E-state index < -0.39 is 12.6 Å². The molecule has 0 saturated carbocycles. The monoisotopic (exact) mass is 572 g/mol. The molecule has 12 heteroatoms. The third kappa shape index (κ3) is 5.62. The second kappa shape index (κ2) is 11.7. The molecule has 1 aliphatic heterocycles. The number of amides is 2. The van der Waals surface area contributed by atoms with Crippen molar-refractivity contribution in [3.63, 3.8) is 0 Å². The number of alkyl halides is 2. The predicted octanol–water partition coefficient (Wildman–Crippen LogP) is 3.80.